The molecule has 0 aliphatic heterocycles. The van der Waals surface area contributed by atoms with Crippen LogP contribution < -0.4 is 19.7 Å². The molecule has 2 amide bonds. The Morgan fingerprint density at radius 3 is 2.05 bits per heavy atom. The van der Waals surface area contributed by atoms with E-state index >= 15 is 0 Å². The average molecular weight is 545 g/mol. The fraction of sp³-hybridized carbons (Fsp3) is 0.344. The quantitative estimate of drug-likeness (QED) is 0.300. The number of aromatic carboxylic acids is 1. The molecule has 210 valence electrons. The molecule has 0 saturated heterocycles. The lowest BCUT2D eigenvalue weighted by atomic mass is 9.82. The van der Waals surface area contributed by atoms with Crippen molar-refractivity contribution in [3.8, 4) is 17.2 Å². The van der Waals surface area contributed by atoms with E-state index in [1.807, 2.05) is 13.8 Å². The maximum Gasteiger partial charge on any atom is 0.337 e. The van der Waals surface area contributed by atoms with Crippen molar-refractivity contribution in [3.05, 3.63) is 77.9 Å². The summed E-state index contributed by atoms with van der Waals surface area (Å²) in [6.07, 6.45) is 3.66. The van der Waals surface area contributed by atoms with Crippen LogP contribution in [0.2, 0.25) is 0 Å². The van der Waals surface area contributed by atoms with Gasteiger partial charge in [0.15, 0.2) is 0 Å². The van der Waals surface area contributed by atoms with Crippen molar-refractivity contribution in [1.29, 1.82) is 0 Å². The summed E-state index contributed by atoms with van der Waals surface area (Å²) in [5.41, 5.74) is 1.45. The molecule has 0 unspecified atom stereocenters. The Bertz CT molecular complexity index is 1340. The predicted molar refractivity (Wildman–Crippen MR) is 155 cm³/mol. The number of rotatable bonds is 9. The molecule has 1 saturated carbocycles. The minimum Gasteiger partial charge on any atom is -0.497 e. The van der Waals surface area contributed by atoms with Crippen molar-refractivity contribution in [2.75, 3.05) is 17.3 Å². The molecule has 0 spiro atoms. The number of carboxylic acid groups (broad SMARTS) is 1. The summed E-state index contributed by atoms with van der Waals surface area (Å²) in [5, 5.41) is 12.8. The van der Waals surface area contributed by atoms with Gasteiger partial charge in [0, 0.05) is 23.2 Å². The van der Waals surface area contributed by atoms with Gasteiger partial charge < -0.3 is 24.8 Å². The molecule has 3 aromatic rings. The van der Waals surface area contributed by atoms with Crippen LogP contribution in [0.4, 0.5) is 11.4 Å². The topological polar surface area (TPSA) is 105 Å². The molecule has 40 heavy (non-hydrogen) atoms. The number of carbonyl (C=O) groups is 3. The first-order chi connectivity index (χ1) is 19.2. The number of hydrogen-bond donors (Lipinski definition) is 2. The second kappa shape index (κ2) is 12.7. The maximum atomic E-state index is 13.5. The third kappa shape index (κ3) is 6.81. The number of nitrogens with zero attached hydrogens (tertiary/aromatic N) is 1. The maximum absolute atomic E-state index is 13.5. The SMILES string of the molecule is COc1ccc(C(=O)Nc2ccc(Oc3ccc(N(C(=O)C4CCC(C)CC4)C(C)C)c(C(=O)O)c3)cc2)cc1. The first kappa shape index (κ1) is 28.7. The van der Waals surface area contributed by atoms with Crippen LogP contribution in [0, 0.1) is 11.8 Å². The zero-order valence-corrected chi connectivity index (χ0v) is 23.3. The van der Waals surface area contributed by atoms with E-state index in [0.717, 1.165) is 25.7 Å². The fourth-order valence-electron chi connectivity index (χ4n) is 5.00. The molecule has 2 N–H and O–H groups in total. The summed E-state index contributed by atoms with van der Waals surface area (Å²) in [7, 11) is 1.56. The van der Waals surface area contributed by atoms with Gasteiger partial charge in [-0.15, -0.1) is 0 Å². The highest BCUT2D eigenvalue weighted by molar-refractivity contribution is 6.04. The molecule has 1 aliphatic carbocycles. The lowest BCUT2D eigenvalue weighted by Gasteiger charge is -2.34. The fourth-order valence-corrected chi connectivity index (χ4v) is 5.00. The highest BCUT2D eigenvalue weighted by atomic mass is 16.5. The minimum atomic E-state index is -1.13. The van der Waals surface area contributed by atoms with Crippen molar-refractivity contribution in [2.45, 2.75) is 52.5 Å². The molecule has 1 fully saturated rings. The van der Waals surface area contributed by atoms with E-state index in [0.29, 0.717) is 40.1 Å². The van der Waals surface area contributed by atoms with Crippen LogP contribution in [0.5, 0.6) is 17.2 Å². The molecule has 8 nitrogen and oxygen atoms in total. The summed E-state index contributed by atoms with van der Waals surface area (Å²) in [5.74, 6) is 0.572. The standard InChI is InChI=1S/C32H36N2O6/c1-20(2)34(31(36)23-7-5-21(3)6-8-23)29-18-17-27(19-28(29)32(37)38)40-26-15-11-24(12-16-26)33-30(35)22-9-13-25(39-4)14-10-22/h9-21,23H,5-8H2,1-4H3,(H,33,35)(H,37,38). The number of methoxy groups -OCH3 is 1. The highest BCUT2D eigenvalue weighted by Crippen LogP contribution is 2.35. The zero-order valence-electron chi connectivity index (χ0n) is 23.3. The van der Waals surface area contributed by atoms with Gasteiger partial charge in [-0.25, -0.2) is 4.79 Å². The predicted octanol–water partition coefficient (Wildman–Crippen LogP) is 7.01. The molecule has 0 heterocycles. The molecule has 8 heteroatoms. The number of carbonyl (C=O) groups excluding carboxylic acids is 2. The number of ether oxygens (including phenoxy) is 2. The van der Waals surface area contributed by atoms with Gasteiger partial charge in [-0.1, -0.05) is 6.92 Å². The van der Waals surface area contributed by atoms with E-state index in [9.17, 15) is 19.5 Å². The number of amides is 2. The largest absolute Gasteiger partial charge is 0.497 e. The average Bonchev–Trinajstić information content (AvgIpc) is 2.95. The minimum absolute atomic E-state index is 0.00658. The van der Waals surface area contributed by atoms with Crippen LogP contribution in [-0.2, 0) is 4.79 Å². The molecule has 0 radical (unpaired) electrons. The van der Waals surface area contributed by atoms with Crippen molar-refractivity contribution in [1.82, 2.24) is 0 Å². The van der Waals surface area contributed by atoms with E-state index < -0.39 is 5.97 Å². The highest BCUT2D eigenvalue weighted by Gasteiger charge is 2.32. The van der Waals surface area contributed by atoms with Crippen LogP contribution in [0.1, 0.15) is 67.2 Å². The van der Waals surface area contributed by atoms with Crippen molar-refractivity contribution >= 4 is 29.2 Å². The monoisotopic (exact) mass is 544 g/mol. The summed E-state index contributed by atoms with van der Waals surface area (Å²) < 4.78 is 11.1. The van der Waals surface area contributed by atoms with Crippen molar-refractivity contribution in [3.63, 3.8) is 0 Å². The summed E-state index contributed by atoms with van der Waals surface area (Å²) in [6, 6.07) is 18.1. The molecule has 4 rings (SSSR count). The van der Waals surface area contributed by atoms with Gasteiger partial charge in [-0.05, 0) is 112 Å². The van der Waals surface area contributed by atoms with Gasteiger partial charge in [0.1, 0.15) is 17.2 Å². The first-order valence-electron chi connectivity index (χ1n) is 13.6. The van der Waals surface area contributed by atoms with Crippen molar-refractivity contribution in [2.24, 2.45) is 11.8 Å². The number of anilines is 2. The van der Waals surface area contributed by atoms with Gasteiger partial charge in [0.25, 0.3) is 5.91 Å². The number of carboxylic acids is 1. The van der Waals surface area contributed by atoms with Gasteiger partial charge in [-0.3, -0.25) is 9.59 Å². The van der Waals surface area contributed by atoms with E-state index in [1.54, 1.807) is 72.7 Å². The molecule has 1 aliphatic rings. The Hall–Kier alpha value is -4.33. The molecule has 0 bridgehead atoms. The third-order valence-corrected chi connectivity index (χ3v) is 7.28. The summed E-state index contributed by atoms with van der Waals surface area (Å²) in [6.45, 7) is 6.00. The molecular weight excluding hydrogens is 508 g/mol. The smallest absolute Gasteiger partial charge is 0.337 e. The van der Waals surface area contributed by atoms with Crippen LogP contribution in [0.15, 0.2) is 66.7 Å². The molecule has 0 atom stereocenters. The van der Waals surface area contributed by atoms with Gasteiger partial charge in [0.05, 0.1) is 18.4 Å². The summed E-state index contributed by atoms with van der Waals surface area (Å²) >= 11 is 0. The third-order valence-electron chi connectivity index (χ3n) is 7.28. The Morgan fingerprint density at radius 1 is 0.875 bits per heavy atom. The van der Waals surface area contributed by atoms with E-state index in [-0.39, 0.29) is 29.3 Å². The van der Waals surface area contributed by atoms with Gasteiger partial charge in [0.2, 0.25) is 5.91 Å². The van der Waals surface area contributed by atoms with Crippen molar-refractivity contribution < 1.29 is 29.0 Å². The second-order valence-electron chi connectivity index (χ2n) is 10.6. The number of hydrogen-bond acceptors (Lipinski definition) is 5. The first-order valence-corrected chi connectivity index (χ1v) is 13.6. The van der Waals surface area contributed by atoms with Gasteiger partial charge >= 0.3 is 5.97 Å². The lowest BCUT2D eigenvalue weighted by Crippen LogP contribution is -2.42. The van der Waals surface area contributed by atoms with Crippen LogP contribution >= 0.6 is 0 Å². The van der Waals surface area contributed by atoms with Crippen LogP contribution in [0.3, 0.4) is 0 Å². The lowest BCUT2D eigenvalue weighted by molar-refractivity contribution is -0.123. The normalized spacial score (nSPS) is 16.7. The Balaban J connectivity index is 1.48. The Morgan fingerprint density at radius 2 is 1.48 bits per heavy atom. The number of nitrogens with one attached hydrogen (secondary N) is 1. The van der Waals surface area contributed by atoms with E-state index in [2.05, 4.69) is 12.2 Å². The van der Waals surface area contributed by atoms with Crippen LogP contribution in [0.25, 0.3) is 0 Å². The zero-order chi connectivity index (χ0) is 28.8. The van der Waals surface area contributed by atoms with Gasteiger partial charge in [-0.2, -0.15) is 0 Å². The summed E-state index contributed by atoms with van der Waals surface area (Å²) in [4.78, 5) is 39.9. The molecule has 0 aromatic heterocycles. The van der Waals surface area contributed by atoms with Crippen LogP contribution in [-0.4, -0.2) is 36.0 Å². The number of benzene rings is 3. The Labute approximate surface area is 234 Å². The van der Waals surface area contributed by atoms with E-state index in [4.69, 9.17) is 9.47 Å². The van der Waals surface area contributed by atoms with E-state index in [1.165, 1.54) is 6.07 Å². The molecule has 3 aromatic carbocycles. The Kier molecular flexibility index (Phi) is 9.09. The molecular formula is C32H36N2O6. The second-order valence-corrected chi connectivity index (χ2v) is 10.6.